The highest BCUT2D eigenvalue weighted by molar-refractivity contribution is 6.46. The van der Waals surface area contributed by atoms with Gasteiger partial charge in [0.25, 0.3) is 5.89 Å². The molecule has 1 aliphatic rings. The molecule has 0 bridgehead atoms. The van der Waals surface area contributed by atoms with E-state index in [2.05, 4.69) is 15.2 Å². The topological polar surface area (TPSA) is 98.6 Å². The maximum absolute atomic E-state index is 9.10. The van der Waals surface area contributed by atoms with Crippen LogP contribution in [0.25, 0.3) is 23.4 Å². The Kier molecular flexibility index (Phi) is 4.49. The number of hydrogen-bond donors (Lipinski definition) is 2. The summed E-state index contributed by atoms with van der Waals surface area (Å²) < 4.78 is 5.83. The van der Waals surface area contributed by atoms with Crippen molar-refractivity contribution in [2.75, 3.05) is 13.6 Å². The summed E-state index contributed by atoms with van der Waals surface area (Å²) in [5.41, 5.74) is 3.05. The summed E-state index contributed by atoms with van der Waals surface area (Å²) >= 11 is 0. The van der Waals surface area contributed by atoms with Crippen LogP contribution in [0.4, 0.5) is 0 Å². The number of aliphatic hydroxyl groups is 1. The minimum atomic E-state index is 0.214. The van der Waals surface area contributed by atoms with Crippen molar-refractivity contribution in [3.8, 4) is 11.5 Å². The largest absolute Gasteiger partial charge is 0.515 e. The first kappa shape index (κ1) is 17.7. The number of aryl methyl sites for hydroxylation is 1. The highest BCUT2D eigenvalue weighted by Crippen LogP contribution is 2.21. The number of aliphatic imine (C=N–C) groups is 1. The van der Waals surface area contributed by atoms with Gasteiger partial charge >= 0.3 is 0 Å². The van der Waals surface area contributed by atoms with Gasteiger partial charge in [-0.3, -0.25) is 5.41 Å². The smallest absolute Gasteiger partial charge is 0.270 e. The van der Waals surface area contributed by atoms with Crippen LogP contribution in [0.2, 0.25) is 0 Å². The number of aromatic nitrogens is 2. The molecule has 1 aromatic heterocycles. The second-order valence-electron chi connectivity index (χ2n) is 6.64. The van der Waals surface area contributed by atoms with Crippen molar-refractivity contribution in [2.45, 2.75) is 6.92 Å². The molecule has 0 aliphatic carbocycles. The zero-order valence-electron chi connectivity index (χ0n) is 15.5. The summed E-state index contributed by atoms with van der Waals surface area (Å²) in [6.07, 6.45) is 1.05. The van der Waals surface area contributed by atoms with Crippen molar-refractivity contribution in [3.05, 3.63) is 70.4 Å². The molecule has 0 amide bonds. The van der Waals surface area contributed by atoms with Crippen LogP contribution in [-0.4, -0.2) is 45.3 Å². The van der Waals surface area contributed by atoms with Gasteiger partial charge < -0.3 is 14.4 Å². The Labute approximate surface area is 161 Å². The second-order valence-corrected chi connectivity index (χ2v) is 6.64. The molecule has 1 aliphatic heterocycles. The van der Waals surface area contributed by atoms with Crippen LogP contribution in [-0.2, 0) is 0 Å². The van der Waals surface area contributed by atoms with Crippen LogP contribution >= 0.6 is 0 Å². The van der Waals surface area contributed by atoms with E-state index >= 15 is 0 Å². The van der Waals surface area contributed by atoms with E-state index in [4.69, 9.17) is 14.9 Å². The Balaban J connectivity index is 1.79. The molecule has 4 rings (SSSR count). The number of nitrogens with zero attached hydrogens (tertiary/aromatic N) is 4. The molecule has 28 heavy (non-hydrogen) atoms. The van der Waals surface area contributed by atoms with Gasteiger partial charge in [0.05, 0.1) is 18.5 Å². The normalized spacial score (nSPS) is 14.2. The number of hydrogen-bond acceptors (Lipinski definition) is 6. The van der Waals surface area contributed by atoms with Crippen molar-refractivity contribution in [2.24, 2.45) is 4.99 Å². The molecule has 7 nitrogen and oxygen atoms in total. The molecule has 0 radical (unpaired) electrons. The van der Waals surface area contributed by atoms with E-state index in [-0.39, 0.29) is 11.7 Å². The zero-order chi connectivity index (χ0) is 19.7. The third kappa shape index (κ3) is 3.29. The average molecular weight is 373 g/mol. The van der Waals surface area contributed by atoms with Crippen LogP contribution in [0.5, 0.6) is 0 Å². The molecule has 0 unspecified atom stereocenters. The minimum absolute atomic E-state index is 0.214. The van der Waals surface area contributed by atoms with Gasteiger partial charge in [0.2, 0.25) is 5.89 Å². The quantitative estimate of drug-likeness (QED) is 0.714. The van der Waals surface area contributed by atoms with E-state index in [1.807, 2.05) is 50.4 Å². The minimum Gasteiger partial charge on any atom is -0.515 e. The highest BCUT2D eigenvalue weighted by Gasteiger charge is 2.26. The summed E-state index contributed by atoms with van der Waals surface area (Å²) in [5, 5.41) is 27.3. The van der Waals surface area contributed by atoms with Crippen LogP contribution in [0.3, 0.4) is 0 Å². The lowest BCUT2D eigenvalue weighted by Crippen LogP contribution is -2.39. The summed E-state index contributed by atoms with van der Waals surface area (Å²) in [4.78, 5) is 6.41. The van der Waals surface area contributed by atoms with Gasteiger partial charge in [-0.15, -0.1) is 10.2 Å². The first-order chi connectivity index (χ1) is 13.5. The molecule has 0 atom stereocenters. The van der Waals surface area contributed by atoms with Gasteiger partial charge in [-0.05, 0) is 24.3 Å². The summed E-state index contributed by atoms with van der Waals surface area (Å²) in [6, 6.07) is 15.2. The number of aliphatic hydroxyl groups excluding tert-OH is 1. The average Bonchev–Trinajstić information content (AvgIpc) is 3.20. The predicted octanol–water partition coefficient (Wildman–Crippen LogP) is 1.86. The maximum atomic E-state index is 9.10. The van der Waals surface area contributed by atoms with Gasteiger partial charge in [0.15, 0.2) is 11.5 Å². The Bertz CT molecular complexity index is 1190. The van der Waals surface area contributed by atoms with Crippen molar-refractivity contribution in [3.63, 3.8) is 0 Å². The molecule has 0 fully saturated rings. The molecule has 0 spiro atoms. The fraction of sp³-hybridized carbons (Fsp3) is 0.143. The number of rotatable bonds is 2. The maximum Gasteiger partial charge on any atom is 0.270 e. The van der Waals surface area contributed by atoms with E-state index in [0.717, 1.165) is 28.3 Å². The molecule has 0 saturated carbocycles. The third-order valence-corrected chi connectivity index (χ3v) is 4.53. The zero-order valence-corrected chi connectivity index (χ0v) is 15.5. The van der Waals surface area contributed by atoms with Gasteiger partial charge in [-0.1, -0.05) is 42.0 Å². The van der Waals surface area contributed by atoms with Crippen molar-refractivity contribution in [1.29, 1.82) is 5.41 Å². The van der Waals surface area contributed by atoms with E-state index in [9.17, 15) is 0 Å². The Morgan fingerprint density at radius 1 is 1.11 bits per heavy atom. The molecule has 3 aromatic rings. The van der Waals surface area contributed by atoms with Crippen LogP contribution in [0.15, 0.2) is 57.9 Å². The Hall–Kier alpha value is -3.74. The monoisotopic (exact) mass is 373 g/mol. The first-order valence-corrected chi connectivity index (χ1v) is 8.78. The van der Waals surface area contributed by atoms with E-state index in [1.165, 1.54) is 0 Å². The number of amidine groups is 1. The Morgan fingerprint density at radius 3 is 2.57 bits per heavy atom. The lowest BCUT2D eigenvalue weighted by molar-refractivity contribution is 0.540. The standard InChI is InChI=1S/C21H19N5O2/c1-13-4-3-5-16(10-13)20-24-25-21(28-20)18-19(22)26(2)11-17(23-18)15-8-6-14(12-27)7-9-15/h3-10,12,22,27H,11H2,1-2H3. The van der Waals surface area contributed by atoms with Crippen LogP contribution < -0.4 is 10.4 Å². The van der Waals surface area contributed by atoms with Gasteiger partial charge in [-0.25, -0.2) is 4.99 Å². The number of benzene rings is 2. The fourth-order valence-corrected chi connectivity index (χ4v) is 2.99. The first-order valence-electron chi connectivity index (χ1n) is 8.78. The number of likely N-dealkylation sites (N-methyl/N-ethyl adjacent to an activating group) is 1. The van der Waals surface area contributed by atoms with Crippen molar-refractivity contribution < 1.29 is 9.52 Å². The molecular formula is C21H19N5O2. The second kappa shape index (κ2) is 7.11. The third-order valence-electron chi connectivity index (χ3n) is 4.53. The van der Waals surface area contributed by atoms with E-state index < -0.39 is 0 Å². The molecule has 140 valence electrons. The highest BCUT2D eigenvalue weighted by atomic mass is 16.4. The summed E-state index contributed by atoms with van der Waals surface area (Å²) in [5.74, 6) is 0.834. The molecule has 2 N–H and O–H groups in total. The molecule has 2 aromatic carbocycles. The lowest BCUT2D eigenvalue weighted by Gasteiger charge is -2.25. The fourth-order valence-electron chi connectivity index (χ4n) is 2.99. The van der Waals surface area contributed by atoms with E-state index in [0.29, 0.717) is 23.4 Å². The van der Waals surface area contributed by atoms with Gasteiger partial charge in [-0.2, -0.15) is 0 Å². The summed E-state index contributed by atoms with van der Waals surface area (Å²) in [6.45, 7) is 2.49. The van der Waals surface area contributed by atoms with E-state index in [1.54, 1.807) is 17.0 Å². The predicted molar refractivity (Wildman–Crippen MR) is 108 cm³/mol. The number of nitrogens with one attached hydrogen (secondary N) is 1. The lowest BCUT2D eigenvalue weighted by atomic mass is 10.1. The SMILES string of the molecule is Cc1cccc(-c2nnc(C3=NC(=c4ccc(=CO)cc4)CN(C)C3=N)o2)c1. The van der Waals surface area contributed by atoms with Crippen molar-refractivity contribution >= 4 is 23.5 Å². The molecule has 7 heteroatoms. The molecule has 0 saturated heterocycles. The van der Waals surface area contributed by atoms with Crippen molar-refractivity contribution in [1.82, 2.24) is 15.1 Å². The van der Waals surface area contributed by atoms with Gasteiger partial charge in [0.1, 0.15) is 0 Å². The molecular weight excluding hydrogens is 354 g/mol. The Morgan fingerprint density at radius 2 is 1.86 bits per heavy atom. The van der Waals surface area contributed by atoms with Crippen LogP contribution in [0, 0.1) is 12.3 Å². The summed E-state index contributed by atoms with van der Waals surface area (Å²) in [7, 11) is 1.82. The van der Waals surface area contributed by atoms with Gasteiger partial charge in [0, 0.05) is 17.8 Å². The van der Waals surface area contributed by atoms with Crippen LogP contribution in [0.1, 0.15) is 11.5 Å². The molecule has 2 heterocycles.